The highest BCUT2D eigenvalue weighted by molar-refractivity contribution is 6.01. The molecule has 0 spiro atoms. The summed E-state index contributed by atoms with van der Waals surface area (Å²) in [5.74, 6) is -3.76. The van der Waals surface area contributed by atoms with Crippen molar-refractivity contribution < 1.29 is 24.2 Å². The SMILES string of the molecule is CN1C[C@H](C(=O)N[C@]2(C)O[C@@]3(O)[C@@H]4CCCN4C(=O)[C@H](Cc4ccccc4)N3C2=O)C=C2c3cccc4c3c(cn4C)C[C@@H]21. The summed E-state index contributed by atoms with van der Waals surface area (Å²) >= 11 is 0. The second-order valence-corrected chi connectivity index (χ2v) is 13.2. The minimum absolute atomic E-state index is 0.146. The Morgan fingerprint density at radius 2 is 1.91 bits per heavy atom. The standard InChI is InChI=1S/C34H37N5O5/c1-33(32(42)39-27(15-20-9-5-4-6-10-20)31(41)38-14-8-13-28(38)34(39,43)44-33)35-30(40)22-16-24-23-11-7-12-25-29(23)21(18-36(25)2)17-26(24)37(3)19-22/h4-7,9-12,16,18,22,26-28,43H,8,13-15,17,19H2,1-3H3,(H,35,40)/t22-,26+,27+,28+,33-,34+/m1/s1. The smallest absolute Gasteiger partial charge is 0.280 e. The average molecular weight is 596 g/mol. The number of carbonyl (C=O) groups excluding carboxylic acids is 3. The number of hydrogen-bond acceptors (Lipinski definition) is 6. The molecule has 5 aliphatic rings. The van der Waals surface area contributed by atoms with Gasteiger partial charge in [-0.1, -0.05) is 48.5 Å². The fourth-order valence-corrected chi connectivity index (χ4v) is 8.40. The van der Waals surface area contributed by atoms with Gasteiger partial charge in [-0.2, -0.15) is 0 Å². The van der Waals surface area contributed by atoms with Crippen molar-refractivity contribution in [3.05, 3.63) is 77.5 Å². The molecule has 0 radical (unpaired) electrons. The number of likely N-dealkylation sites (N-methyl/N-ethyl adjacent to an activating group) is 1. The highest BCUT2D eigenvalue weighted by Gasteiger charge is 2.70. The molecular weight excluding hydrogens is 558 g/mol. The summed E-state index contributed by atoms with van der Waals surface area (Å²) in [6, 6.07) is 14.2. The lowest BCUT2D eigenvalue weighted by molar-refractivity contribution is -0.315. The van der Waals surface area contributed by atoms with Gasteiger partial charge in [0, 0.05) is 49.7 Å². The molecule has 0 saturated carbocycles. The number of aliphatic hydroxyl groups is 1. The molecule has 5 heterocycles. The van der Waals surface area contributed by atoms with E-state index in [-0.39, 0.29) is 24.3 Å². The zero-order chi connectivity index (χ0) is 30.5. The van der Waals surface area contributed by atoms with E-state index < -0.39 is 35.5 Å². The van der Waals surface area contributed by atoms with E-state index in [1.807, 2.05) is 43.5 Å². The molecule has 2 aromatic carbocycles. The van der Waals surface area contributed by atoms with Gasteiger partial charge >= 0.3 is 0 Å². The molecule has 8 rings (SSSR count). The van der Waals surface area contributed by atoms with Gasteiger partial charge in [0.1, 0.15) is 12.1 Å². The van der Waals surface area contributed by atoms with E-state index in [4.69, 9.17) is 4.74 Å². The first kappa shape index (κ1) is 27.6. The molecule has 3 amide bonds. The zero-order valence-electron chi connectivity index (χ0n) is 25.2. The topological polar surface area (TPSA) is 107 Å². The molecule has 4 aliphatic heterocycles. The molecule has 0 bridgehead atoms. The Bertz CT molecular complexity index is 1750. The van der Waals surface area contributed by atoms with Crippen molar-refractivity contribution in [3.63, 3.8) is 0 Å². The van der Waals surface area contributed by atoms with Gasteiger partial charge in [-0.3, -0.25) is 28.9 Å². The monoisotopic (exact) mass is 595 g/mol. The van der Waals surface area contributed by atoms with Crippen LogP contribution in [-0.2, 0) is 39.0 Å². The number of rotatable bonds is 4. The highest BCUT2D eigenvalue weighted by Crippen LogP contribution is 2.46. The van der Waals surface area contributed by atoms with E-state index in [1.165, 1.54) is 22.8 Å². The molecule has 1 aliphatic carbocycles. The van der Waals surface area contributed by atoms with Gasteiger partial charge in [-0.15, -0.1) is 0 Å². The molecule has 3 saturated heterocycles. The number of hydrogen-bond donors (Lipinski definition) is 2. The fraction of sp³-hybridized carbons (Fsp3) is 0.441. The minimum Gasteiger partial charge on any atom is -0.350 e. The van der Waals surface area contributed by atoms with Crippen LogP contribution in [0.2, 0.25) is 0 Å². The molecule has 10 nitrogen and oxygen atoms in total. The third-order valence-electron chi connectivity index (χ3n) is 10.4. The van der Waals surface area contributed by atoms with Crippen molar-refractivity contribution >= 4 is 34.2 Å². The Morgan fingerprint density at radius 3 is 2.70 bits per heavy atom. The minimum atomic E-state index is -2.04. The van der Waals surface area contributed by atoms with Crippen LogP contribution in [0.25, 0.3) is 16.5 Å². The normalized spacial score (nSPS) is 32.9. The third-order valence-corrected chi connectivity index (χ3v) is 10.4. The van der Waals surface area contributed by atoms with Crippen LogP contribution in [0.3, 0.4) is 0 Å². The zero-order valence-corrected chi connectivity index (χ0v) is 25.2. The van der Waals surface area contributed by atoms with Crippen molar-refractivity contribution in [1.82, 2.24) is 24.6 Å². The van der Waals surface area contributed by atoms with Crippen LogP contribution < -0.4 is 5.32 Å². The van der Waals surface area contributed by atoms with Gasteiger partial charge in [0.15, 0.2) is 0 Å². The lowest BCUT2D eigenvalue weighted by Gasteiger charge is -2.48. The van der Waals surface area contributed by atoms with Crippen LogP contribution >= 0.6 is 0 Å². The number of aryl methyl sites for hydroxylation is 1. The number of fused-ring (bicyclic) bond motifs is 5. The molecule has 3 fully saturated rings. The van der Waals surface area contributed by atoms with Crippen molar-refractivity contribution in [1.29, 1.82) is 0 Å². The summed E-state index contributed by atoms with van der Waals surface area (Å²) in [6.07, 6.45) is 6.53. The Labute approximate surface area is 255 Å². The Balaban J connectivity index is 1.11. The predicted molar refractivity (Wildman–Crippen MR) is 163 cm³/mol. The van der Waals surface area contributed by atoms with Gasteiger partial charge in [0.2, 0.25) is 17.5 Å². The number of nitrogens with one attached hydrogen (secondary N) is 1. The van der Waals surface area contributed by atoms with Crippen molar-refractivity contribution in [2.45, 2.75) is 62.4 Å². The number of ether oxygens (including phenoxy) is 1. The third kappa shape index (κ3) is 3.80. The van der Waals surface area contributed by atoms with E-state index in [1.54, 1.807) is 4.90 Å². The summed E-state index contributed by atoms with van der Waals surface area (Å²) in [6.45, 7) is 2.46. The summed E-state index contributed by atoms with van der Waals surface area (Å²) in [7, 11) is 4.09. The first-order valence-corrected chi connectivity index (χ1v) is 15.5. The molecule has 6 atom stereocenters. The predicted octanol–water partition coefficient (Wildman–Crippen LogP) is 2.00. The quantitative estimate of drug-likeness (QED) is 0.478. The van der Waals surface area contributed by atoms with E-state index in [0.29, 0.717) is 25.9 Å². The maximum atomic E-state index is 14.2. The number of amides is 3. The second kappa shape index (κ2) is 9.50. The molecule has 2 N–H and O–H groups in total. The van der Waals surface area contributed by atoms with Gasteiger partial charge in [0.05, 0.1) is 5.92 Å². The number of nitrogens with zero attached hydrogens (tertiary/aromatic N) is 4. The highest BCUT2D eigenvalue weighted by atomic mass is 16.7. The molecule has 228 valence electrons. The van der Waals surface area contributed by atoms with Crippen LogP contribution in [0.1, 0.15) is 36.5 Å². The van der Waals surface area contributed by atoms with Crippen molar-refractivity contribution in [3.8, 4) is 0 Å². The van der Waals surface area contributed by atoms with Crippen LogP contribution in [0, 0.1) is 5.92 Å². The van der Waals surface area contributed by atoms with Crippen LogP contribution in [0.4, 0.5) is 0 Å². The Morgan fingerprint density at radius 1 is 1.11 bits per heavy atom. The number of aromatic nitrogens is 1. The van der Waals surface area contributed by atoms with Gasteiger partial charge in [0.25, 0.3) is 11.8 Å². The van der Waals surface area contributed by atoms with Crippen molar-refractivity contribution in [2.75, 3.05) is 20.1 Å². The van der Waals surface area contributed by atoms with Crippen molar-refractivity contribution in [2.24, 2.45) is 13.0 Å². The molecule has 1 aromatic heterocycles. The lowest BCUT2D eigenvalue weighted by Crippen LogP contribution is -2.71. The van der Waals surface area contributed by atoms with E-state index >= 15 is 0 Å². The first-order valence-electron chi connectivity index (χ1n) is 15.5. The van der Waals surface area contributed by atoms with Crippen LogP contribution in [0.5, 0.6) is 0 Å². The van der Waals surface area contributed by atoms with E-state index in [2.05, 4.69) is 46.2 Å². The van der Waals surface area contributed by atoms with Crippen LogP contribution in [-0.4, -0.2) is 92.0 Å². The van der Waals surface area contributed by atoms with E-state index in [0.717, 1.165) is 28.6 Å². The van der Waals surface area contributed by atoms with Crippen LogP contribution in [0.15, 0.2) is 60.8 Å². The average Bonchev–Trinajstić information content (AvgIpc) is 3.68. The number of carbonyl (C=O) groups is 3. The maximum Gasteiger partial charge on any atom is 0.280 e. The second-order valence-electron chi connectivity index (χ2n) is 13.2. The summed E-state index contributed by atoms with van der Waals surface area (Å²) in [5, 5.41) is 16.2. The lowest BCUT2D eigenvalue weighted by atomic mass is 9.79. The molecule has 44 heavy (non-hydrogen) atoms. The number of benzene rings is 2. The summed E-state index contributed by atoms with van der Waals surface area (Å²) in [4.78, 5) is 47.0. The maximum absolute atomic E-state index is 14.2. The largest absolute Gasteiger partial charge is 0.350 e. The van der Waals surface area contributed by atoms with Gasteiger partial charge in [-0.05, 0) is 61.6 Å². The van der Waals surface area contributed by atoms with Gasteiger partial charge in [-0.25, -0.2) is 0 Å². The molecule has 3 aromatic rings. The first-order chi connectivity index (χ1) is 21.1. The molecular formula is C34H37N5O5. The number of piperazine rings is 1. The summed E-state index contributed by atoms with van der Waals surface area (Å²) < 4.78 is 8.40. The summed E-state index contributed by atoms with van der Waals surface area (Å²) in [5.41, 5.74) is 3.73. The Hall–Kier alpha value is -3.99. The molecule has 0 unspecified atom stereocenters. The molecule has 10 heteroatoms. The fourth-order valence-electron chi connectivity index (χ4n) is 8.40. The Kier molecular flexibility index (Phi) is 5.95. The van der Waals surface area contributed by atoms with Gasteiger partial charge < -0.3 is 19.9 Å². The van der Waals surface area contributed by atoms with E-state index in [9.17, 15) is 19.5 Å².